The molecule has 1 amide bonds. The number of benzene rings is 1. The molecule has 1 aromatic carbocycles. The molecule has 112 valence electrons. The lowest BCUT2D eigenvalue weighted by atomic mass is 10.0. The molecule has 0 spiro atoms. The normalized spacial score (nSPS) is 11.5. The van der Waals surface area contributed by atoms with Crippen LogP contribution in [0.4, 0.5) is 0 Å². The Balaban J connectivity index is 3.25. The summed E-state index contributed by atoms with van der Waals surface area (Å²) in [6, 6.07) is 3.09. The van der Waals surface area contributed by atoms with E-state index in [9.17, 15) is 13.2 Å². The fourth-order valence-electron chi connectivity index (χ4n) is 1.73. The van der Waals surface area contributed by atoms with Crippen molar-refractivity contribution in [3.05, 3.63) is 23.3 Å². The molecule has 1 N–H and O–H groups in total. The van der Waals surface area contributed by atoms with Crippen molar-refractivity contribution < 1.29 is 17.9 Å². The summed E-state index contributed by atoms with van der Waals surface area (Å²) in [5.41, 5.74) is 1.18. The molecule has 5 nitrogen and oxygen atoms in total. The lowest BCUT2D eigenvalue weighted by molar-refractivity contribution is -0.122. The smallest absolute Gasteiger partial charge is 0.261 e. The van der Waals surface area contributed by atoms with Crippen molar-refractivity contribution in [2.45, 2.75) is 31.6 Å². The summed E-state index contributed by atoms with van der Waals surface area (Å²) >= 11 is 0. The quantitative estimate of drug-likeness (QED) is 0.844. The maximum absolute atomic E-state index is 11.5. The number of carbonyl (C=O) groups is 1. The van der Waals surface area contributed by atoms with E-state index in [0.29, 0.717) is 16.9 Å². The van der Waals surface area contributed by atoms with Gasteiger partial charge in [-0.05, 0) is 36.1 Å². The Hall–Kier alpha value is -1.27. The van der Waals surface area contributed by atoms with Gasteiger partial charge in [-0.1, -0.05) is 13.8 Å². The topological polar surface area (TPSA) is 72.5 Å². The summed E-state index contributed by atoms with van der Waals surface area (Å²) in [5.74, 6) is 0.268. The van der Waals surface area contributed by atoms with Crippen LogP contribution in [0.5, 0.6) is 5.75 Å². The fraction of sp³-hybridized carbons (Fsp3) is 0.462. The summed E-state index contributed by atoms with van der Waals surface area (Å²) < 4.78 is 28.5. The summed E-state index contributed by atoms with van der Waals surface area (Å²) in [6.45, 7) is 5.32. The number of hydrogen-bond acceptors (Lipinski definition) is 4. The van der Waals surface area contributed by atoms with Crippen LogP contribution in [-0.2, 0) is 13.8 Å². The van der Waals surface area contributed by atoms with Gasteiger partial charge in [0.1, 0.15) is 5.75 Å². The Kier molecular flexibility index (Phi) is 5.42. The Morgan fingerprint density at radius 2 is 2.00 bits per heavy atom. The molecule has 0 aliphatic heterocycles. The molecule has 1 aromatic rings. The first-order valence-electron chi connectivity index (χ1n) is 6.09. The summed E-state index contributed by atoms with van der Waals surface area (Å²) in [7, 11) is 3.12. The van der Waals surface area contributed by atoms with Crippen molar-refractivity contribution in [3.63, 3.8) is 0 Å². The SMILES string of the molecule is CNC(=O)COc1cc(C)c(S(=O)(=O)Cl)cc1C(C)C. The van der Waals surface area contributed by atoms with Gasteiger partial charge in [-0.2, -0.15) is 0 Å². The molecule has 7 heteroatoms. The van der Waals surface area contributed by atoms with E-state index in [0.717, 1.165) is 0 Å². The predicted octanol–water partition coefficient (Wildman–Crippen LogP) is 2.17. The van der Waals surface area contributed by atoms with Crippen LogP contribution in [0.1, 0.15) is 30.9 Å². The number of ether oxygens (including phenoxy) is 1. The average molecular weight is 320 g/mol. The minimum atomic E-state index is -3.80. The van der Waals surface area contributed by atoms with Gasteiger partial charge < -0.3 is 10.1 Å². The van der Waals surface area contributed by atoms with Crippen LogP contribution in [0.3, 0.4) is 0 Å². The van der Waals surface area contributed by atoms with Gasteiger partial charge >= 0.3 is 0 Å². The molecular weight excluding hydrogens is 302 g/mol. The maximum atomic E-state index is 11.5. The molecule has 0 unspecified atom stereocenters. The van der Waals surface area contributed by atoms with E-state index in [1.807, 2.05) is 13.8 Å². The van der Waals surface area contributed by atoms with Crippen LogP contribution in [0.25, 0.3) is 0 Å². The molecular formula is C13H18ClNO4S. The van der Waals surface area contributed by atoms with Crippen LogP contribution in [0.2, 0.25) is 0 Å². The van der Waals surface area contributed by atoms with Crippen LogP contribution in [0, 0.1) is 6.92 Å². The third-order valence-corrected chi connectivity index (χ3v) is 4.29. The van der Waals surface area contributed by atoms with E-state index < -0.39 is 9.05 Å². The Labute approximate surface area is 123 Å². The van der Waals surface area contributed by atoms with E-state index in [1.165, 1.54) is 13.1 Å². The first kappa shape index (κ1) is 16.8. The number of hydrogen-bond donors (Lipinski definition) is 1. The number of halogens is 1. The van der Waals surface area contributed by atoms with Crippen molar-refractivity contribution in [1.82, 2.24) is 5.32 Å². The fourth-order valence-corrected chi connectivity index (χ4v) is 2.94. The zero-order valence-corrected chi connectivity index (χ0v) is 13.4. The zero-order valence-electron chi connectivity index (χ0n) is 11.9. The average Bonchev–Trinajstić information content (AvgIpc) is 2.33. The number of likely N-dealkylation sites (N-methyl/N-ethyl adjacent to an activating group) is 1. The summed E-state index contributed by atoms with van der Waals surface area (Å²) in [6.07, 6.45) is 0. The summed E-state index contributed by atoms with van der Waals surface area (Å²) in [4.78, 5) is 11.3. The number of aryl methyl sites for hydroxylation is 1. The van der Waals surface area contributed by atoms with Crippen LogP contribution < -0.4 is 10.1 Å². The van der Waals surface area contributed by atoms with Gasteiger partial charge in [-0.25, -0.2) is 8.42 Å². The number of carbonyl (C=O) groups excluding carboxylic acids is 1. The van der Waals surface area contributed by atoms with Crippen LogP contribution >= 0.6 is 10.7 Å². The van der Waals surface area contributed by atoms with Crippen LogP contribution in [-0.4, -0.2) is 28.0 Å². The van der Waals surface area contributed by atoms with E-state index in [4.69, 9.17) is 15.4 Å². The van der Waals surface area contributed by atoms with E-state index in [-0.39, 0.29) is 23.3 Å². The Morgan fingerprint density at radius 1 is 1.40 bits per heavy atom. The van der Waals surface area contributed by atoms with Crippen molar-refractivity contribution in [2.75, 3.05) is 13.7 Å². The van der Waals surface area contributed by atoms with Crippen molar-refractivity contribution in [2.24, 2.45) is 0 Å². The molecule has 0 aliphatic carbocycles. The van der Waals surface area contributed by atoms with Gasteiger partial charge in [0.15, 0.2) is 6.61 Å². The Morgan fingerprint density at radius 3 is 2.45 bits per heavy atom. The first-order valence-corrected chi connectivity index (χ1v) is 8.40. The maximum Gasteiger partial charge on any atom is 0.261 e. The molecule has 0 aliphatic rings. The predicted molar refractivity (Wildman–Crippen MR) is 77.9 cm³/mol. The zero-order chi connectivity index (χ0) is 15.5. The largest absolute Gasteiger partial charge is 0.483 e. The van der Waals surface area contributed by atoms with Gasteiger partial charge in [0.2, 0.25) is 0 Å². The molecule has 0 atom stereocenters. The van der Waals surface area contributed by atoms with E-state index >= 15 is 0 Å². The van der Waals surface area contributed by atoms with Gasteiger partial charge in [0.05, 0.1) is 4.90 Å². The lowest BCUT2D eigenvalue weighted by Crippen LogP contribution is -2.25. The lowest BCUT2D eigenvalue weighted by Gasteiger charge is -2.16. The molecule has 20 heavy (non-hydrogen) atoms. The third-order valence-electron chi connectivity index (χ3n) is 2.83. The highest BCUT2D eigenvalue weighted by Gasteiger charge is 2.19. The second kappa shape index (κ2) is 6.45. The first-order chi connectivity index (χ1) is 9.16. The third kappa shape index (κ3) is 4.11. The highest BCUT2D eigenvalue weighted by molar-refractivity contribution is 8.13. The highest BCUT2D eigenvalue weighted by atomic mass is 35.7. The van der Waals surface area contributed by atoms with Crippen molar-refractivity contribution in [1.29, 1.82) is 0 Å². The molecule has 0 saturated carbocycles. The Bertz CT molecular complexity index is 611. The molecule has 0 aromatic heterocycles. The van der Waals surface area contributed by atoms with Crippen molar-refractivity contribution >= 4 is 25.6 Å². The minimum absolute atomic E-state index is 0.0347. The monoisotopic (exact) mass is 319 g/mol. The number of rotatable bonds is 5. The highest BCUT2D eigenvalue weighted by Crippen LogP contribution is 2.32. The summed E-state index contributed by atoms with van der Waals surface area (Å²) in [5, 5.41) is 2.45. The second-order valence-electron chi connectivity index (χ2n) is 4.71. The molecule has 0 fully saturated rings. The molecule has 0 heterocycles. The van der Waals surface area contributed by atoms with E-state index in [1.54, 1.807) is 13.0 Å². The van der Waals surface area contributed by atoms with Gasteiger partial charge in [0, 0.05) is 17.7 Å². The minimum Gasteiger partial charge on any atom is -0.483 e. The number of amides is 1. The molecule has 1 rings (SSSR count). The van der Waals surface area contributed by atoms with Gasteiger partial charge in [-0.3, -0.25) is 4.79 Å². The molecule has 0 saturated heterocycles. The molecule has 0 radical (unpaired) electrons. The standard InChI is InChI=1S/C13H18ClNO4S/c1-8(2)10-6-12(20(14,17)18)9(3)5-11(10)19-7-13(16)15-4/h5-6,8H,7H2,1-4H3,(H,15,16). The van der Waals surface area contributed by atoms with E-state index in [2.05, 4.69) is 5.32 Å². The number of nitrogens with one attached hydrogen (secondary N) is 1. The van der Waals surface area contributed by atoms with Gasteiger partial charge in [0.25, 0.3) is 15.0 Å². The van der Waals surface area contributed by atoms with Crippen LogP contribution in [0.15, 0.2) is 17.0 Å². The van der Waals surface area contributed by atoms with Crippen molar-refractivity contribution in [3.8, 4) is 5.75 Å². The second-order valence-corrected chi connectivity index (χ2v) is 7.24. The van der Waals surface area contributed by atoms with Gasteiger partial charge in [-0.15, -0.1) is 0 Å². The molecule has 0 bridgehead atoms.